The van der Waals surface area contributed by atoms with Gasteiger partial charge in [0, 0.05) is 19.6 Å². The van der Waals surface area contributed by atoms with Crippen LogP contribution in [-0.4, -0.2) is 52.2 Å². The van der Waals surface area contributed by atoms with Crippen molar-refractivity contribution in [2.24, 2.45) is 0 Å². The first kappa shape index (κ1) is 9.35. The number of fused-ring (bicyclic) bond motifs is 1. The average molecular weight is 206 g/mol. The lowest BCUT2D eigenvalue weighted by atomic mass is 10.1. The lowest BCUT2D eigenvalue weighted by Gasteiger charge is -2.42. The molecule has 0 radical (unpaired) electrons. The molecule has 2 atom stereocenters. The highest BCUT2D eigenvalue weighted by Gasteiger charge is 2.36. The molecule has 2 unspecified atom stereocenters. The van der Waals surface area contributed by atoms with E-state index in [4.69, 9.17) is 0 Å². The van der Waals surface area contributed by atoms with Gasteiger partial charge in [-0.15, -0.1) is 0 Å². The number of hydrogen-bond donors (Lipinski definition) is 3. The van der Waals surface area contributed by atoms with E-state index in [9.17, 15) is 8.42 Å². The number of piperazine rings is 1. The molecule has 2 heterocycles. The standard InChI is InChI=1S/C6H14N4O2S/c1-10-3-2-7-6-5(10)4-8-13(11,12)9-6/h5-9H,2-4H2,1H3. The van der Waals surface area contributed by atoms with Crippen LogP contribution >= 0.6 is 0 Å². The first-order chi connectivity index (χ1) is 6.08. The lowest BCUT2D eigenvalue weighted by molar-refractivity contribution is 0.138. The summed E-state index contributed by atoms with van der Waals surface area (Å²) in [5.41, 5.74) is 0. The topological polar surface area (TPSA) is 73.5 Å². The highest BCUT2D eigenvalue weighted by atomic mass is 32.2. The summed E-state index contributed by atoms with van der Waals surface area (Å²) in [4.78, 5) is 2.15. The molecule has 3 N–H and O–H groups in total. The molecular formula is C6H14N4O2S. The van der Waals surface area contributed by atoms with Crippen LogP contribution in [0.5, 0.6) is 0 Å². The minimum atomic E-state index is -3.27. The van der Waals surface area contributed by atoms with Crippen molar-refractivity contribution < 1.29 is 8.42 Å². The third kappa shape index (κ3) is 1.84. The average Bonchev–Trinajstić information content (AvgIpc) is 2.02. The molecule has 13 heavy (non-hydrogen) atoms. The number of nitrogens with zero attached hydrogens (tertiary/aromatic N) is 1. The first-order valence-corrected chi connectivity index (χ1v) is 5.77. The Morgan fingerprint density at radius 1 is 1.46 bits per heavy atom. The van der Waals surface area contributed by atoms with Gasteiger partial charge in [0.2, 0.25) is 0 Å². The van der Waals surface area contributed by atoms with Gasteiger partial charge in [-0.1, -0.05) is 0 Å². The Hall–Kier alpha value is -0.210. The van der Waals surface area contributed by atoms with Crippen molar-refractivity contribution in [3.63, 3.8) is 0 Å². The summed E-state index contributed by atoms with van der Waals surface area (Å²) in [5.74, 6) is 0. The van der Waals surface area contributed by atoms with Crippen molar-refractivity contribution in [2.75, 3.05) is 26.7 Å². The fourth-order valence-electron chi connectivity index (χ4n) is 1.75. The zero-order valence-corrected chi connectivity index (χ0v) is 8.26. The summed E-state index contributed by atoms with van der Waals surface area (Å²) in [6, 6.07) is 0.206. The summed E-state index contributed by atoms with van der Waals surface area (Å²) in [6.45, 7) is 2.24. The highest BCUT2D eigenvalue weighted by molar-refractivity contribution is 7.87. The van der Waals surface area contributed by atoms with Crippen LogP contribution < -0.4 is 14.8 Å². The third-order valence-corrected chi connectivity index (χ3v) is 3.66. The molecule has 0 aromatic heterocycles. The Bertz CT molecular complexity index is 291. The molecule has 7 heteroatoms. The predicted octanol–water partition coefficient (Wildman–Crippen LogP) is -2.35. The molecule has 0 aromatic rings. The summed E-state index contributed by atoms with van der Waals surface area (Å²) in [5, 5.41) is 3.14. The van der Waals surface area contributed by atoms with Crippen LogP contribution in [0.2, 0.25) is 0 Å². The maximum atomic E-state index is 11.1. The second kappa shape index (κ2) is 3.18. The molecule has 2 saturated heterocycles. The maximum absolute atomic E-state index is 11.1. The summed E-state index contributed by atoms with van der Waals surface area (Å²) < 4.78 is 27.3. The zero-order chi connectivity index (χ0) is 9.47. The fraction of sp³-hybridized carbons (Fsp3) is 1.00. The predicted molar refractivity (Wildman–Crippen MR) is 48.3 cm³/mol. The van der Waals surface area contributed by atoms with Crippen LogP contribution in [0.4, 0.5) is 0 Å². The molecular weight excluding hydrogens is 192 g/mol. The van der Waals surface area contributed by atoms with Gasteiger partial charge in [-0.25, -0.2) is 4.72 Å². The van der Waals surface area contributed by atoms with Gasteiger partial charge in [-0.3, -0.25) is 10.2 Å². The second-order valence-corrected chi connectivity index (χ2v) is 4.98. The van der Waals surface area contributed by atoms with Crippen LogP contribution in [0.15, 0.2) is 0 Å². The van der Waals surface area contributed by atoms with Crippen LogP contribution in [0.1, 0.15) is 0 Å². The SMILES string of the molecule is CN1CCNC2NS(=O)(=O)NCC21. The van der Waals surface area contributed by atoms with Crippen molar-refractivity contribution in [2.45, 2.75) is 12.2 Å². The molecule has 2 fully saturated rings. The molecule has 2 aliphatic heterocycles. The van der Waals surface area contributed by atoms with Gasteiger partial charge in [0.25, 0.3) is 10.2 Å². The van der Waals surface area contributed by atoms with Crippen molar-refractivity contribution in [3.8, 4) is 0 Å². The molecule has 0 amide bonds. The van der Waals surface area contributed by atoms with Crippen LogP contribution in [-0.2, 0) is 10.2 Å². The largest absolute Gasteiger partial charge is 0.298 e. The van der Waals surface area contributed by atoms with E-state index in [2.05, 4.69) is 19.7 Å². The van der Waals surface area contributed by atoms with Crippen molar-refractivity contribution >= 4 is 10.2 Å². The van der Waals surface area contributed by atoms with Crippen LogP contribution in [0.25, 0.3) is 0 Å². The molecule has 6 nitrogen and oxygen atoms in total. The van der Waals surface area contributed by atoms with Gasteiger partial charge in [-0.05, 0) is 7.05 Å². The normalized spacial score (nSPS) is 39.8. The van der Waals surface area contributed by atoms with E-state index >= 15 is 0 Å². The van der Waals surface area contributed by atoms with E-state index in [0.29, 0.717) is 6.54 Å². The van der Waals surface area contributed by atoms with Gasteiger partial charge in [-0.2, -0.15) is 13.1 Å². The molecule has 0 saturated carbocycles. The van der Waals surface area contributed by atoms with Gasteiger partial charge in [0.1, 0.15) is 0 Å². The molecule has 2 rings (SSSR count). The molecule has 0 aromatic carbocycles. The van der Waals surface area contributed by atoms with Crippen LogP contribution in [0, 0.1) is 0 Å². The maximum Gasteiger partial charge on any atom is 0.278 e. The van der Waals surface area contributed by atoms with E-state index < -0.39 is 10.2 Å². The summed E-state index contributed by atoms with van der Waals surface area (Å²) in [7, 11) is -1.27. The van der Waals surface area contributed by atoms with Crippen molar-refractivity contribution in [1.82, 2.24) is 19.7 Å². The first-order valence-electron chi connectivity index (χ1n) is 4.29. The van der Waals surface area contributed by atoms with Crippen LogP contribution in [0.3, 0.4) is 0 Å². The van der Waals surface area contributed by atoms with Gasteiger partial charge in [0.05, 0.1) is 12.2 Å². The number of rotatable bonds is 0. The number of likely N-dealkylation sites (N-methyl/N-ethyl adjacent to an activating group) is 1. The smallest absolute Gasteiger partial charge is 0.278 e. The zero-order valence-electron chi connectivity index (χ0n) is 7.45. The minimum Gasteiger partial charge on any atom is -0.298 e. The van der Waals surface area contributed by atoms with Gasteiger partial charge < -0.3 is 0 Å². The second-order valence-electron chi connectivity index (χ2n) is 3.45. The number of hydrogen-bond acceptors (Lipinski definition) is 4. The Balaban J connectivity index is 2.12. The van der Waals surface area contributed by atoms with E-state index in [1.54, 1.807) is 0 Å². The lowest BCUT2D eigenvalue weighted by Crippen LogP contribution is -2.70. The summed E-state index contributed by atoms with van der Waals surface area (Å²) >= 11 is 0. The molecule has 0 spiro atoms. The van der Waals surface area contributed by atoms with Crippen molar-refractivity contribution in [3.05, 3.63) is 0 Å². The van der Waals surface area contributed by atoms with E-state index in [1.807, 2.05) is 7.05 Å². The molecule has 0 aliphatic carbocycles. The Morgan fingerprint density at radius 2 is 2.23 bits per heavy atom. The van der Waals surface area contributed by atoms with E-state index in [-0.39, 0.29) is 12.2 Å². The fourth-order valence-corrected chi connectivity index (χ4v) is 2.80. The highest BCUT2D eigenvalue weighted by Crippen LogP contribution is 2.08. The monoisotopic (exact) mass is 206 g/mol. The van der Waals surface area contributed by atoms with Gasteiger partial charge >= 0.3 is 0 Å². The Kier molecular flexibility index (Phi) is 2.28. The van der Waals surface area contributed by atoms with E-state index in [1.165, 1.54) is 0 Å². The third-order valence-electron chi connectivity index (χ3n) is 2.54. The minimum absolute atomic E-state index is 0.148. The Morgan fingerprint density at radius 3 is 3.00 bits per heavy atom. The van der Waals surface area contributed by atoms with Gasteiger partial charge in [0.15, 0.2) is 0 Å². The molecule has 2 aliphatic rings. The molecule has 0 bridgehead atoms. The van der Waals surface area contributed by atoms with E-state index in [0.717, 1.165) is 13.1 Å². The summed E-state index contributed by atoms with van der Waals surface area (Å²) in [6.07, 6.45) is -0.148. The van der Waals surface area contributed by atoms with Crippen molar-refractivity contribution in [1.29, 1.82) is 0 Å². The number of nitrogens with one attached hydrogen (secondary N) is 3. The quantitative estimate of drug-likeness (QED) is 0.415. The molecule has 76 valence electrons. The Labute approximate surface area is 77.9 Å².